The van der Waals surface area contributed by atoms with Crippen LogP contribution in [0.4, 0.5) is 0 Å². The molecule has 0 amide bonds. The van der Waals surface area contributed by atoms with Gasteiger partial charge in [-0.15, -0.1) is 22.2 Å². The number of benzene rings is 2. The van der Waals surface area contributed by atoms with Crippen LogP contribution in [-0.2, 0) is 0 Å². The molecule has 4 saturated carbocycles. The summed E-state index contributed by atoms with van der Waals surface area (Å²) in [6.07, 6.45) is 13.9. The predicted molar refractivity (Wildman–Crippen MR) is 184 cm³/mol. The molecule has 0 spiro atoms. The van der Waals surface area contributed by atoms with Gasteiger partial charge in [-0.25, -0.2) is 0 Å². The molecule has 2 aromatic carbocycles. The first-order chi connectivity index (χ1) is 20.3. The van der Waals surface area contributed by atoms with E-state index in [2.05, 4.69) is 118 Å². The van der Waals surface area contributed by atoms with Gasteiger partial charge in [0.2, 0.25) is 0 Å². The van der Waals surface area contributed by atoms with E-state index in [1.54, 1.807) is 0 Å². The molecule has 232 valence electrons. The van der Waals surface area contributed by atoms with Crippen molar-refractivity contribution in [1.29, 1.82) is 0 Å². The predicted octanol–water partition coefficient (Wildman–Crippen LogP) is 9.23. The van der Waals surface area contributed by atoms with Gasteiger partial charge in [-0.05, 0) is 102 Å². The summed E-state index contributed by atoms with van der Waals surface area (Å²) in [7, 11) is 0. The van der Waals surface area contributed by atoms with E-state index in [4.69, 9.17) is 22.2 Å². The van der Waals surface area contributed by atoms with Crippen LogP contribution in [0, 0.1) is 24.1 Å². The Bertz CT molecular complexity index is 1400. The molecule has 0 aliphatic heterocycles. The second kappa shape index (κ2) is 11.6. The first-order valence-electron chi connectivity index (χ1n) is 16.8. The molecular weight excluding hydrogens is 585 g/mol. The highest BCUT2D eigenvalue weighted by atomic mass is 35.7. The maximum absolute atomic E-state index is 7.76. The Kier molecular flexibility index (Phi) is 8.50. The highest BCUT2D eigenvalue weighted by Crippen LogP contribution is 2.56. The Hall–Kier alpha value is -1.59. The van der Waals surface area contributed by atoms with Crippen LogP contribution in [0.1, 0.15) is 140 Å². The van der Waals surface area contributed by atoms with E-state index in [1.165, 1.54) is 72.2 Å². The van der Waals surface area contributed by atoms with Crippen molar-refractivity contribution in [3.8, 4) is 11.4 Å². The lowest BCUT2D eigenvalue weighted by atomic mass is 9.53. The second-order valence-corrected chi connectivity index (χ2v) is 21.3. The van der Waals surface area contributed by atoms with E-state index in [9.17, 15) is 0 Å². The highest BCUT2D eigenvalue weighted by molar-refractivity contribution is 7.49. The molecular formula is C37H51Cl2N3Si. The number of rotatable bonds is 9. The summed E-state index contributed by atoms with van der Waals surface area (Å²) >= 11 is 15.5. The molecule has 4 fully saturated rings. The normalized spacial score (nSPS) is 25.2. The van der Waals surface area contributed by atoms with Gasteiger partial charge in [0.15, 0.2) is 0 Å². The molecule has 43 heavy (non-hydrogen) atoms. The zero-order chi connectivity index (χ0) is 30.8. The van der Waals surface area contributed by atoms with Crippen molar-refractivity contribution in [2.75, 3.05) is 0 Å². The SMILES string of the molecule is CC(C)c1cccc(C(C)C)c1-n1[c-][n+](-c2c(C(C)C)cccc2C(C)C)c([Si](Cl)(Cl)NC23CC4CC(CC(C4)C2)C3)c1. The molecule has 0 radical (unpaired) electrons. The van der Waals surface area contributed by atoms with E-state index in [0.29, 0.717) is 23.7 Å². The standard InChI is InChI=1S/C37H51Cl2N3Si/c1-23(2)30-11-9-12-31(24(3)4)35(30)41-21-34(42(22-41)36-32(25(5)6)13-10-14-33(36)26(7)8)43(38,39)40-37-18-27-15-28(19-37)17-29(16-27)20-37/h9-14,21,23-29,40H,15-20H2,1-8H3. The Morgan fingerprint density at radius 3 is 1.58 bits per heavy atom. The zero-order valence-electron chi connectivity index (χ0n) is 27.5. The minimum absolute atomic E-state index is 0.0573. The van der Waals surface area contributed by atoms with Crippen LogP contribution in [0.25, 0.3) is 11.4 Å². The fourth-order valence-corrected chi connectivity index (χ4v) is 12.9. The number of para-hydroxylation sites is 2. The van der Waals surface area contributed by atoms with Crippen molar-refractivity contribution < 1.29 is 4.57 Å². The molecule has 3 nitrogen and oxygen atoms in total. The largest absolute Gasteiger partial charge is 0.350 e. The molecule has 1 aromatic heterocycles. The molecule has 4 aliphatic carbocycles. The van der Waals surface area contributed by atoms with Crippen LogP contribution in [0.5, 0.6) is 0 Å². The number of hydrogen-bond donors (Lipinski definition) is 1. The van der Waals surface area contributed by atoms with Gasteiger partial charge < -0.3 is 4.98 Å². The van der Waals surface area contributed by atoms with Crippen molar-refractivity contribution in [2.45, 2.75) is 123 Å². The van der Waals surface area contributed by atoms with Crippen molar-refractivity contribution in [2.24, 2.45) is 17.8 Å². The highest BCUT2D eigenvalue weighted by Gasteiger charge is 2.54. The molecule has 1 N–H and O–H groups in total. The van der Waals surface area contributed by atoms with Crippen molar-refractivity contribution in [1.82, 2.24) is 9.55 Å². The monoisotopic (exact) mass is 635 g/mol. The molecule has 0 atom stereocenters. The number of imidazole rings is 1. The number of nitrogens with one attached hydrogen (secondary N) is 1. The summed E-state index contributed by atoms with van der Waals surface area (Å²) in [5.74, 6) is 3.89. The molecule has 4 bridgehead atoms. The number of aromatic nitrogens is 2. The van der Waals surface area contributed by atoms with E-state index in [-0.39, 0.29) is 5.54 Å². The summed E-state index contributed by atoms with van der Waals surface area (Å²) < 4.78 is 4.50. The maximum Gasteiger partial charge on any atom is 0.350 e. The minimum atomic E-state index is -3.20. The van der Waals surface area contributed by atoms with Crippen LogP contribution in [0.15, 0.2) is 42.6 Å². The first kappa shape index (κ1) is 31.4. The van der Waals surface area contributed by atoms with E-state index in [0.717, 1.165) is 23.1 Å². The number of hydrogen-bond acceptors (Lipinski definition) is 1. The van der Waals surface area contributed by atoms with Crippen LogP contribution in [0.3, 0.4) is 0 Å². The third-order valence-corrected chi connectivity index (χ3v) is 14.2. The summed E-state index contributed by atoms with van der Waals surface area (Å²) in [5.41, 5.74) is 7.72. The fourth-order valence-electron chi connectivity index (χ4n) is 9.10. The lowest BCUT2D eigenvalue weighted by Crippen LogP contribution is -2.71. The first-order valence-corrected chi connectivity index (χ1v) is 20.8. The molecule has 0 saturated heterocycles. The van der Waals surface area contributed by atoms with E-state index in [1.807, 2.05) is 0 Å². The molecule has 7 rings (SSSR count). The van der Waals surface area contributed by atoms with Gasteiger partial charge in [-0.2, -0.15) is 0 Å². The Morgan fingerprint density at radius 1 is 0.744 bits per heavy atom. The smallest absolute Gasteiger partial charge is 0.309 e. The number of nitrogens with zero attached hydrogens (tertiary/aromatic N) is 2. The maximum atomic E-state index is 7.76. The average Bonchev–Trinajstić information content (AvgIpc) is 3.36. The van der Waals surface area contributed by atoms with Crippen molar-refractivity contribution in [3.05, 3.63) is 71.2 Å². The van der Waals surface area contributed by atoms with Gasteiger partial charge in [-0.3, -0.25) is 9.13 Å². The summed E-state index contributed by atoms with van der Waals surface area (Å²) in [6.45, 7) is 15.1. The van der Waals surface area contributed by atoms with Crippen LogP contribution in [-0.4, -0.2) is 17.0 Å². The van der Waals surface area contributed by atoms with E-state index < -0.39 is 6.86 Å². The van der Waals surface area contributed by atoms with Gasteiger partial charge in [0, 0.05) is 11.7 Å². The molecule has 1 heterocycles. The van der Waals surface area contributed by atoms with Gasteiger partial charge in [-0.1, -0.05) is 91.8 Å². The fraction of sp³-hybridized carbons (Fsp3) is 0.595. The van der Waals surface area contributed by atoms with Crippen LogP contribution in [0.2, 0.25) is 0 Å². The summed E-state index contributed by atoms with van der Waals surface area (Å²) in [5, 5.41) is 0.981. The van der Waals surface area contributed by atoms with Gasteiger partial charge >= 0.3 is 6.86 Å². The molecule has 3 aromatic rings. The van der Waals surface area contributed by atoms with Crippen LogP contribution >= 0.6 is 22.2 Å². The third-order valence-electron chi connectivity index (χ3n) is 10.6. The van der Waals surface area contributed by atoms with Crippen LogP contribution < -0.4 is 14.9 Å². The summed E-state index contributed by atoms with van der Waals surface area (Å²) in [4.78, 5) is 4.08. The number of halogens is 2. The lowest BCUT2D eigenvalue weighted by molar-refractivity contribution is -0.582. The second-order valence-electron chi connectivity index (χ2n) is 15.4. The Balaban J connectivity index is 1.57. The van der Waals surface area contributed by atoms with Gasteiger partial charge in [0.25, 0.3) is 6.33 Å². The van der Waals surface area contributed by atoms with Crippen molar-refractivity contribution >= 4 is 34.3 Å². The Morgan fingerprint density at radius 2 is 1.16 bits per heavy atom. The third kappa shape index (κ3) is 5.80. The Labute approximate surface area is 270 Å². The summed E-state index contributed by atoms with van der Waals surface area (Å²) in [6, 6.07) is 13.5. The topological polar surface area (TPSA) is 20.8 Å². The average molecular weight is 637 g/mol. The minimum Gasteiger partial charge on any atom is -0.309 e. The van der Waals surface area contributed by atoms with Gasteiger partial charge in [0.1, 0.15) is 0 Å². The molecule has 6 heteroatoms. The molecule has 0 unspecified atom stereocenters. The lowest BCUT2D eigenvalue weighted by Gasteiger charge is -2.58. The molecule has 4 aliphatic rings. The van der Waals surface area contributed by atoms with Crippen molar-refractivity contribution in [3.63, 3.8) is 0 Å². The van der Waals surface area contributed by atoms with E-state index >= 15 is 0 Å². The quantitative estimate of drug-likeness (QED) is 0.108. The van der Waals surface area contributed by atoms with Gasteiger partial charge in [0.05, 0.1) is 16.7 Å². The zero-order valence-corrected chi connectivity index (χ0v) is 30.0.